The Morgan fingerprint density at radius 3 is 1.90 bits per heavy atom. The Kier molecular flexibility index (Phi) is 1.11. The Bertz CT molecular complexity index is 150. The van der Waals surface area contributed by atoms with E-state index in [0.29, 0.717) is 12.8 Å². The summed E-state index contributed by atoms with van der Waals surface area (Å²) in [6.07, 6.45) is 3.26. The van der Waals surface area contributed by atoms with E-state index in [1.54, 1.807) is 0 Å². The fourth-order valence-electron chi connectivity index (χ4n) is 1.99. The number of halogens is 2. The summed E-state index contributed by atoms with van der Waals surface area (Å²) < 4.78 is 25.7. The van der Waals surface area contributed by atoms with Crippen LogP contribution in [0, 0.1) is 0 Å². The predicted octanol–water partition coefficient (Wildman–Crippen LogP) is 1.54. The minimum absolute atomic E-state index is 0.104. The average molecular weight is 147 g/mol. The lowest BCUT2D eigenvalue weighted by Crippen LogP contribution is -2.72. The summed E-state index contributed by atoms with van der Waals surface area (Å²) in [6, 6.07) is 0. The van der Waals surface area contributed by atoms with Crippen LogP contribution < -0.4 is 5.32 Å². The van der Waals surface area contributed by atoms with Crippen molar-refractivity contribution in [2.75, 3.05) is 6.54 Å². The third kappa shape index (κ3) is 0.590. The van der Waals surface area contributed by atoms with Crippen LogP contribution in [-0.2, 0) is 0 Å². The first kappa shape index (κ1) is 6.53. The van der Waals surface area contributed by atoms with Crippen molar-refractivity contribution < 1.29 is 8.78 Å². The van der Waals surface area contributed by atoms with E-state index in [1.165, 1.54) is 0 Å². The normalized spacial score (nSPS) is 34.2. The van der Waals surface area contributed by atoms with Gasteiger partial charge in [-0.05, 0) is 12.8 Å². The zero-order valence-corrected chi connectivity index (χ0v) is 5.79. The second-order valence-corrected chi connectivity index (χ2v) is 3.35. The Morgan fingerprint density at radius 2 is 1.70 bits per heavy atom. The highest BCUT2D eigenvalue weighted by Crippen LogP contribution is 2.47. The zero-order chi connectivity index (χ0) is 7.24. The maximum Gasteiger partial charge on any atom is 0.278 e. The molecule has 10 heavy (non-hydrogen) atoms. The number of alkyl halides is 2. The van der Waals surface area contributed by atoms with E-state index in [9.17, 15) is 8.78 Å². The summed E-state index contributed by atoms with van der Waals surface area (Å²) in [5.41, 5.74) is -0.771. The minimum atomic E-state index is -2.41. The molecule has 2 fully saturated rings. The topological polar surface area (TPSA) is 12.0 Å². The highest BCUT2D eigenvalue weighted by molar-refractivity contribution is 5.12. The number of hydrogen-bond acceptors (Lipinski definition) is 1. The lowest BCUT2D eigenvalue weighted by molar-refractivity contribution is -0.152. The smallest absolute Gasteiger partial charge is 0.278 e. The minimum Gasteiger partial charge on any atom is -0.300 e. The molecule has 0 unspecified atom stereocenters. The van der Waals surface area contributed by atoms with Crippen molar-refractivity contribution in [2.24, 2.45) is 0 Å². The highest BCUT2D eigenvalue weighted by Gasteiger charge is 2.61. The van der Waals surface area contributed by atoms with Crippen LogP contribution in [0.1, 0.15) is 25.7 Å². The summed E-state index contributed by atoms with van der Waals surface area (Å²) in [6.45, 7) is -0.104. The van der Waals surface area contributed by atoms with E-state index in [0.717, 1.165) is 12.8 Å². The standard InChI is InChI=1S/C7H11F2N/c8-7(9)5-10-6(7)3-1-2-4-6/h10H,1-5H2. The van der Waals surface area contributed by atoms with Crippen molar-refractivity contribution in [2.45, 2.75) is 37.1 Å². The fraction of sp³-hybridized carbons (Fsp3) is 1.00. The largest absolute Gasteiger partial charge is 0.300 e. The summed E-state index contributed by atoms with van der Waals surface area (Å²) in [7, 11) is 0. The molecule has 2 rings (SSSR count). The molecule has 1 heterocycles. The number of nitrogens with one attached hydrogen (secondary N) is 1. The van der Waals surface area contributed by atoms with Gasteiger partial charge in [-0.2, -0.15) is 0 Å². The van der Waals surface area contributed by atoms with Crippen LogP contribution in [0.4, 0.5) is 8.78 Å². The van der Waals surface area contributed by atoms with Crippen LogP contribution in [0.15, 0.2) is 0 Å². The quantitative estimate of drug-likeness (QED) is 0.548. The fourth-order valence-corrected chi connectivity index (χ4v) is 1.99. The van der Waals surface area contributed by atoms with Gasteiger partial charge in [0, 0.05) is 0 Å². The first-order valence-corrected chi connectivity index (χ1v) is 3.79. The van der Waals surface area contributed by atoms with Crippen LogP contribution in [-0.4, -0.2) is 18.0 Å². The molecule has 0 aromatic heterocycles. The van der Waals surface area contributed by atoms with Gasteiger partial charge < -0.3 is 5.32 Å². The Hall–Kier alpha value is -0.180. The van der Waals surface area contributed by atoms with Crippen molar-refractivity contribution in [3.05, 3.63) is 0 Å². The molecule has 1 aliphatic heterocycles. The highest BCUT2D eigenvalue weighted by atomic mass is 19.3. The lowest BCUT2D eigenvalue weighted by atomic mass is 9.82. The molecule has 0 aromatic rings. The molecule has 1 saturated carbocycles. The van der Waals surface area contributed by atoms with E-state index in [4.69, 9.17) is 0 Å². The summed E-state index contributed by atoms with van der Waals surface area (Å²) >= 11 is 0. The summed E-state index contributed by atoms with van der Waals surface area (Å²) in [5, 5.41) is 2.86. The first-order chi connectivity index (χ1) is 4.66. The van der Waals surface area contributed by atoms with Crippen molar-refractivity contribution in [1.82, 2.24) is 5.32 Å². The predicted molar refractivity (Wildman–Crippen MR) is 34.1 cm³/mol. The van der Waals surface area contributed by atoms with Crippen LogP contribution in [0.2, 0.25) is 0 Å². The molecular weight excluding hydrogens is 136 g/mol. The number of rotatable bonds is 0. The van der Waals surface area contributed by atoms with Crippen LogP contribution in [0.25, 0.3) is 0 Å². The van der Waals surface area contributed by atoms with E-state index in [-0.39, 0.29) is 6.54 Å². The van der Waals surface area contributed by atoms with Crippen molar-refractivity contribution in [1.29, 1.82) is 0 Å². The maximum atomic E-state index is 12.8. The molecule has 1 N–H and O–H groups in total. The van der Waals surface area contributed by atoms with Gasteiger partial charge in [0.05, 0.1) is 12.1 Å². The number of hydrogen-bond donors (Lipinski definition) is 1. The van der Waals surface area contributed by atoms with Gasteiger partial charge in [-0.15, -0.1) is 0 Å². The molecule has 0 radical (unpaired) electrons. The van der Waals surface area contributed by atoms with E-state index in [1.807, 2.05) is 0 Å². The van der Waals surface area contributed by atoms with Gasteiger partial charge in [0.15, 0.2) is 0 Å². The molecule has 1 nitrogen and oxygen atoms in total. The molecule has 0 atom stereocenters. The van der Waals surface area contributed by atoms with Gasteiger partial charge in [-0.3, -0.25) is 0 Å². The van der Waals surface area contributed by atoms with Gasteiger partial charge in [0.2, 0.25) is 0 Å². The first-order valence-electron chi connectivity index (χ1n) is 3.79. The zero-order valence-electron chi connectivity index (χ0n) is 5.79. The molecule has 1 saturated heterocycles. The lowest BCUT2D eigenvalue weighted by Gasteiger charge is -2.47. The van der Waals surface area contributed by atoms with Crippen LogP contribution >= 0.6 is 0 Å². The van der Waals surface area contributed by atoms with E-state index < -0.39 is 11.5 Å². The Labute approximate surface area is 58.8 Å². The van der Waals surface area contributed by atoms with Crippen LogP contribution in [0.5, 0.6) is 0 Å². The van der Waals surface area contributed by atoms with Crippen molar-refractivity contribution in [3.8, 4) is 0 Å². The SMILES string of the molecule is FC1(F)CNC12CCCC2. The third-order valence-corrected chi connectivity index (χ3v) is 2.81. The van der Waals surface area contributed by atoms with Crippen molar-refractivity contribution >= 4 is 0 Å². The van der Waals surface area contributed by atoms with Gasteiger partial charge in [-0.25, -0.2) is 8.78 Å². The summed E-state index contributed by atoms with van der Waals surface area (Å²) in [4.78, 5) is 0. The Morgan fingerprint density at radius 1 is 1.10 bits per heavy atom. The molecule has 0 aromatic carbocycles. The average Bonchev–Trinajstić information content (AvgIpc) is 2.34. The molecule has 1 spiro atoms. The van der Waals surface area contributed by atoms with Gasteiger partial charge >= 0.3 is 0 Å². The molecule has 58 valence electrons. The Balaban J connectivity index is 2.15. The molecule has 1 aliphatic carbocycles. The molecule has 3 heteroatoms. The molecule has 2 aliphatic rings. The van der Waals surface area contributed by atoms with E-state index >= 15 is 0 Å². The monoisotopic (exact) mass is 147 g/mol. The van der Waals surface area contributed by atoms with Gasteiger partial charge in [0.25, 0.3) is 5.92 Å². The van der Waals surface area contributed by atoms with Crippen molar-refractivity contribution in [3.63, 3.8) is 0 Å². The summed E-state index contributed by atoms with van der Waals surface area (Å²) in [5.74, 6) is -2.41. The molecular formula is C7H11F2N. The van der Waals surface area contributed by atoms with E-state index in [2.05, 4.69) is 5.32 Å². The van der Waals surface area contributed by atoms with Crippen LogP contribution in [0.3, 0.4) is 0 Å². The molecule has 0 bridgehead atoms. The van der Waals surface area contributed by atoms with Gasteiger partial charge in [-0.1, -0.05) is 12.8 Å². The maximum absolute atomic E-state index is 12.8. The second-order valence-electron chi connectivity index (χ2n) is 3.35. The molecule has 0 amide bonds. The van der Waals surface area contributed by atoms with Gasteiger partial charge in [0.1, 0.15) is 0 Å². The third-order valence-electron chi connectivity index (χ3n) is 2.81. The second kappa shape index (κ2) is 1.70.